The van der Waals surface area contributed by atoms with Gasteiger partial charge in [0.05, 0.1) is 18.8 Å². The molecule has 1 unspecified atom stereocenters. The molecule has 2 rings (SSSR count). The molecule has 0 bridgehead atoms. The number of methoxy groups -OCH3 is 1. The van der Waals surface area contributed by atoms with E-state index in [0.717, 1.165) is 10.8 Å². The zero-order valence-corrected chi connectivity index (χ0v) is 18.5. The second kappa shape index (κ2) is 10.5. The summed E-state index contributed by atoms with van der Waals surface area (Å²) >= 11 is 0. The van der Waals surface area contributed by atoms with Gasteiger partial charge in [-0.2, -0.15) is 4.39 Å². The Bertz CT molecular complexity index is 1070. The van der Waals surface area contributed by atoms with Crippen molar-refractivity contribution >= 4 is 13.5 Å². The zero-order valence-electron chi connectivity index (χ0n) is 17.6. The number of carbonyl (C=O) groups excluding carboxylic acids is 1. The molecule has 0 radical (unpaired) electrons. The first kappa shape index (κ1) is 24.5. The van der Waals surface area contributed by atoms with Crippen LogP contribution in [-0.4, -0.2) is 41.1 Å². The van der Waals surface area contributed by atoms with Crippen molar-refractivity contribution in [2.24, 2.45) is 0 Å². The second-order valence-corrected chi connectivity index (χ2v) is 9.07. The van der Waals surface area contributed by atoms with Crippen LogP contribution in [0, 0.1) is 5.82 Å². The second-order valence-electron chi connectivity index (χ2n) is 7.03. The Labute approximate surface area is 177 Å². The molecular weight excluding hydrogens is 432 g/mol. The molecule has 31 heavy (non-hydrogen) atoms. The van der Waals surface area contributed by atoms with E-state index >= 15 is 0 Å². The van der Waals surface area contributed by atoms with Crippen molar-refractivity contribution in [3.05, 3.63) is 62.7 Å². The van der Waals surface area contributed by atoms with Crippen molar-refractivity contribution < 1.29 is 27.7 Å². The van der Waals surface area contributed by atoms with Gasteiger partial charge in [-0.05, 0) is 38.5 Å². The maximum Gasteiger partial charge on any atom is 0.342 e. The number of esters is 1. The van der Waals surface area contributed by atoms with E-state index in [1.165, 1.54) is 26.2 Å². The van der Waals surface area contributed by atoms with Crippen LogP contribution in [0.3, 0.4) is 0 Å². The molecule has 170 valence electrons. The SMILES string of the molecule is COCP(=O)(N[C@@H](C)C(=O)OC(C)C)Oc1ccc(Cn2cc(F)c(=O)[nH]c2=O)cc1. The van der Waals surface area contributed by atoms with Gasteiger partial charge in [0.25, 0.3) is 5.56 Å². The van der Waals surface area contributed by atoms with Crippen LogP contribution in [0.2, 0.25) is 0 Å². The third kappa shape index (κ3) is 7.16. The lowest BCUT2D eigenvalue weighted by molar-refractivity contribution is -0.149. The molecule has 2 N–H and O–H groups in total. The standard InChI is InChI=1S/C19H25FN3O7P/c1-12(2)29-18(25)13(3)22-31(27,11-28-4)30-15-7-5-14(6-8-15)9-23-10-16(20)17(24)21-19(23)26/h5-8,10,12-13H,9,11H2,1-4H3,(H,22,27)(H,21,24,26)/t13-,31?/m0/s1. The fraction of sp³-hybridized carbons (Fsp3) is 0.421. The minimum absolute atomic E-state index is 0.00112. The molecule has 0 fully saturated rings. The van der Waals surface area contributed by atoms with Gasteiger partial charge in [0, 0.05) is 7.11 Å². The van der Waals surface area contributed by atoms with Crippen LogP contribution in [0.1, 0.15) is 26.3 Å². The van der Waals surface area contributed by atoms with Crippen LogP contribution < -0.4 is 20.9 Å². The van der Waals surface area contributed by atoms with E-state index in [0.29, 0.717) is 5.56 Å². The first-order valence-corrected chi connectivity index (χ1v) is 11.2. The van der Waals surface area contributed by atoms with Crippen molar-refractivity contribution in [2.45, 2.75) is 39.5 Å². The number of aromatic nitrogens is 2. The Kier molecular flexibility index (Phi) is 8.32. The highest BCUT2D eigenvalue weighted by molar-refractivity contribution is 7.57. The maximum atomic E-state index is 13.4. The molecular formula is C19H25FN3O7P. The Hall–Kier alpha value is -2.75. The molecule has 1 heterocycles. The highest BCUT2D eigenvalue weighted by Gasteiger charge is 2.30. The fourth-order valence-corrected chi connectivity index (χ4v) is 4.24. The maximum absolute atomic E-state index is 13.4. The topological polar surface area (TPSA) is 129 Å². The van der Waals surface area contributed by atoms with Crippen LogP contribution in [0.4, 0.5) is 4.39 Å². The largest absolute Gasteiger partial charge is 0.462 e. The molecule has 2 atom stereocenters. The summed E-state index contributed by atoms with van der Waals surface area (Å²) < 4.78 is 43.1. The molecule has 2 aromatic rings. The van der Waals surface area contributed by atoms with Crippen molar-refractivity contribution in [1.29, 1.82) is 0 Å². The van der Waals surface area contributed by atoms with Crippen molar-refractivity contribution in [3.8, 4) is 5.75 Å². The van der Waals surface area contributed by atoms with Gasteiger partial charge in [-0.15, -0.1) is 0 Å². The Balaban J connectivity index is 2.12. The minimum Gasteiger partial charge on any atom is -0.462 e. The molecule has 1 aromatic carbocycles. The minimum atomic E-state index is -3.61. The zero-order chi connectivity index (χ0) is 23.2. The number of nitrogens with zero attached hydrogens (tertiary/aromatic N) is 1. The van der Waals surface area contributed by atoms with Crippen LogP contribution in [0.15, 0.2) is 40.1 Å². The number of H-pyrrole nitrogens is 1. The summed E-state index contributed by atoms with van der Waals surface area (Å²) in [5.41, 5.74) is -1.23. The number of hydrogen-bond acceptors (Lipinski definition) is 7. The van der Waals surface area contributed by atoms with E-state index < -0.39 is 36.6 Å². The third-order valence-electron chi connectivity index (χ3n) is 3.89. The average molecular weight is 457 g/mol. The molecule has 0 saturated carbocycles. The summed E-state index contributed by atoms with van der Waals surface area (Å²) in [5, 5.41) is 2.63. The molecule has 0 aliphatic carbocycles. The fourth-order valence-electron chi connectivity index (χ4n) is 2.56. The molecule has 10 nitrogen and oxygen atoms in total. The molecule has 0 aliphatic rings. The van der Waals surface area contributed by atoms with Gasteiger partial charge in [-0.1, -0.05) is 12.1 Å². The number of benzene rings is 1. The van der Waals surface area contributed by atoms with E-state index in [1.807, 2.05) is 4.98 Å². The monoisotopic (exact) mass is 457 g/mol. The number of hydrogen-bond donors (Lipinski definition) is 2. The first-order valence-electron chi connectivity index (χ1n) is 9.37. The Morgan fingerprint density at radius 3 is 2.45 bits per heavy atom. The smallest absolute Gasteiger partial charge is 0.342 e. The van der Waals surface area contributed by atoms with Crippen molar-refractivity contribution in [3.63, 3.8) is 0 Å². The summed E-state index contributed by atoms with van der Waals surface area (Å²) in [4.78, 5) is 36.8. The third-order valence-corrected chi connectivity index (χ3v) is 5.78. The van der Waals surface area contributed by atoms with E-state index in [2.05, 4.69) is 5.09 Å². The van der Waals surface area contributed by atoms with Crippen LogP contribution in [0.5, 0.6) is 5.75 Å². The normalized spacial score (nSPS) is 14.1. The molecule has 1 aromatic heterocycles. The Morgan fingerprint density at radius 2 is 1.87 bits per heavy atom. The number of halogens is 1. The highest BCUT2D eigenvalue weighted by atomic mass is 31.2. The highest BCUT2D eigenvalue weighted by Crippen LogP contribution is 2.43. The van der Waals surface area contributed by atoms with Gasteiger partial charge in [-0.25, -0.2) is 9.88 Å². The lowest BCUT2D eigenvalue weighted by Gasteiger charge is -2.23. The predicted molar refractivity (Wildman–Crippen MR) is 111 cm³/mol. The van der Waals surface area contributed by atoms with E-state index in [4.69, 9.17) is 14.0 Å². The van der Waals surface area contributed by atoms with Gasteiger partial charge >= 0.3 is 19.2 Å². The summed E-state index contributed by atoms with van der Waals surface area (Å²) in [6, 6.07) is 5.27. The van der Waals surface area contributed by atoms with E-state index in [1.54, 1.807) is 26.0 Å². The van der Waals surface area contributed by atoms with E-state index in [-0.39, 0.29) is 24.7 Å². The number of ether oxygens (including phenoxy) is 2. The van der Waals surface area contributed by atoms with Gasteiger partial charge in [0.1, 0.15) is 18.1 Å². The number of aromatic amines is 1. The summed E-state index contributed by atoms with van der Waals surface area (Å²) in [5.74, 6) is -1.43. The Morgan fingerprint density at radius 1 is 1.23 bits per heavy atom. The predicted octanol–water partition coefficient (Wildman–Crippen LogP) is 1.83. The van der Waals surface area contributed by atoms with Crippen LogP contribution in [0.25, 0.3) is 0 Å². The van der Waals surface area contributed by atoms with Crippen molar-refractivity contribution in [1.82, 2.24) is 14.6 Å². The molecule has 0 aliphatic heterocycles. The number of carbonyl (C=O) groups is 1. The molecule has 0 spiro atoms. The first-order chi connectivity index (χ1) is 14.5. The van der Waals surface area contributed by atoms with Gasteiger partial charge in [0.2, 0.25) is 5.82 Å². The summed E-state index contributed by atoms with van der Waals surface area (Å²) in [6.45, 7) is 4.90. The molecule has 0 saturated heterocycles. The summed E-state index contributed by atoms with van der Waals surface area (Å²) in [6.07, 6.45) is 0.204. The quantitative estimate of drug-likeness (QED) is 0.409. The average Bonchev–Trinajstić information content (AvgIpc) is 2.67. The van der Waals surface area contributed by atoms with Crippen LogP contribution in [-0.2, 0) is 25.4 Å². The lowest BCUT2D eigenvalue weighted by Crippen LogP contribution is -2.36. The van der Waals surface area contributed by atoms with Crippen molar-refractivity contribution in [2.75, 3.05) is 13.5 Å². The van der Waals surface area contributed by atoms with Crippen LogP contribution >= 0.6 is 7.52 Å². The van der Waals surface area contributed by atoms with E-state index in [9.17, 15) is 23.3 Å². The lowest BCUT2D eigenvalue weighted by atomic mass is 10.2. The van der Waals surface area contributed by atoms with Gasteiger partial charge in [0.15, 0.2) is 0 Å². The summed E-state index contributed by atoms with van der Waals surface area (Å²) in [7, 11) is -2.27. The molecule has 12 heteroatoms. The number of nitrogens with one attached hydrogen (secondary N) is 2. The number of rotatable bonds is 10. The van der Waals surface area contributed by atoms with Gasteiger partial charge < -0.3 is 14.0 Å². The molecule has 0 amide bonds. The van der Waals surface area contributed by atoms with Gasteiger partial charge in [-0.3, -0.25) is 23.7 Å².